The standard InChI is InChI=1S/C15H20BrF2NO/c16-12-8-13(17)15(18)14(9-12)20-7-6-19-10-11-4-2-1-3-5-11/h8-9,11,19H,1-7,10H2. The smallest absolute Gasteiger partial charge is 0.200 e. The van der Waals surface area contributed by atoms with E-state index in [1.807, 2.05) is 0 Å². The highest BCUT2D eigenvalue weighted by atomic mass is 79.9. The van der Waals surface area contributed by atoms with Crippen LogP contribution in [-0.2, 0) is 0 Å². The van der Waals surface area contributed by atoms with E-state index in [0.29, 0.717) is 17.6 Å². The van der Waals surface area contributed by atoms with E-state index < -0.39 is 11.6 Å². The minimum Gasteiger partial charge on any atom is -0.489 e. The Bertz CT molecular complexity index is 436. The van der Waals surface area contributed by atoms with Gasteiger partial charge in [0.1, 0.15) is 6.61 Å². The summed E-state index contributed by atoms with van der Waals surface area (Å²) in [5.74, 6) is -1.12. The van der Waals surface area contributed by atoms with Gasteiger partial charge in [-0.25, -0.2) is 4.39 Å². The molecule has 1 aliphatic carbocycles. The molecule has 1 fully saturated rings. The van der Waals surface area contributed by atoms with Gasteiger partial charge in [-0.3, -0.25) is 0 Å². The van der Waals surface area contributed by atoms with Crippen molar-refractivity contribution in [3.8, 4) is 5.75 Å². The van der Waals surface area contributed by atoms with Gasteiger partial charge in [0.25, 0.3) is 0 Å². The monoisotopic (exact) mass is 347 g/mol. The molecule has 20 heavy (non-hydrogen) atoms. The number of benzene rings is 1. The molecule has 1 N–H and O–H groups in total. The Kier molecular flexibility index (Phi) is 6.23. The van der Waals surface area contributed by atoms with Crippen molar-refractivity contribution >= 4 is 15.9 Å². The normalized spacial score (nSPS) is 16.4. The van der Waals surface area contributed by atoms with Crippen LogP contribution in [0, 0.1) is 17.6 Å². The van der Waals surface area contributed by atoms with E-state index in [1.54, 1.807) is 0 Å². The third-order valence-electron chi connectivity index (χ3n) is 3.65. The lowest BCUT2D eigenvalue weighted by atomic mass is 9.89. The Morgan fingerprint density at radius 1 is 1.20 bits per heavy atom. The first-order valence-electron chi connectivity index (χ1n) is 7.15. The van der Waals surface area contributed by atoms with Crippen LogP contribution in [0.1, 0.15) is 32.1 Å². The maximum atomic E-state index is 13.4. The molecule has 0 aliphatic heterocycles. The minimum absolute atomic E-state index is 0.0451. The number of halogens is 3. The van der Waals surface area contributed by atoms with E-state index in [1.165, 1.54) is 38.2 Å². The molecular weight excluding hydrogens is 328 g/mol. The average molecular weight is 348 g/mol. The zero-order valence-corrected chi connectivity index (χ0v) is 13.0. The molecule has 1 aromatic rings. The molecule has 1 aromatic carbocycles. The first kappa shape index (κ1) is 15.7. The van der Waals surface area contributed by atoms with Crippen LogP contribution in [0.15, 0.2) is 16.6 Å². The lowest BCUT2D eigenvalue weighted by Gasteiger charge is -2.21. The molecule has 0 unspecified atom stereocenters. The molecule has 2 rings (SSSR count). The van der Waals surface area contributed by atoms with Crippen molar-refractivity contribution in [3.63, 3.8) is 0 Å². The van der Waals surface area contributed by atoms with Gasteiger partial charge in [-0.1, -0.05) is 35.2 Å². The van der Waals surface area contributed by atoms with Crippen molar-refractivity contribution in [3.05, 3.63) is 28.2 Å². The minimum atomic E-state index is -0.930. The Morgan fingerprint density at radius 3 is 2.70 bits per heavy atom. The van der Waals surface area contributed by atoms with Crippen LogP contribution in [0.2, 0.25) is 0 Å². The second-order valence-corrected chi connectivity index (χ2v) is 6.17. The molecule has 0 amide bonds. The highest BCUT2D eigenvalue weighted by molar-refractivity contribution is 9.10. The van der Waals surface area contributed by atoms with Gasteiger partial charge in [-0.2, -0.15) is 4.39 Å². The number of nitrogens with one attached hydrogen (secondary N) is 1. The number of rotatable bonds is 6. The highest BCUT2D eigenvalue weighted by Crippen LogP contribution is 2.25. The first-order valence-corrected chi connectivity index (χ1v) is 7.94. The van der Waals surface area contributed by atoms with E-state index >= 15 is 0 Å². The topological polar surface area (TPSA) is 21.3 Å². The fraction of sp³-hybridized carbons (Fsp3) is 0.600. The van der Waals surface area contributed by atoms with Crippen LogP contribution < -0.4 is 10.1 Å². The molecule has 5 heteroatoms. The van der Waals surface area contributed by atoms with Gasteiger partial charge in [0, 0.05) is 11.0 Å². The van der Waals surface area contributed by atoms with Gasteiger partial charge in [-0.05, 0) is 37.4 Å². The van der Waals surface area contributed by atoms with Crippen LogP contribution in [0.3, 0.4) is 0 Å². The molecule has 0 radical (unpaired) electrons. The summed E-state index contributed by atoms with van der Waals surface area (Å²) in [6.45, 7) is 1.96. The van der Waals surface area contributed by atoms with Crippen LogP contribution in [0.5, 0.6) is 5.75 Å². The van der Waals surface area contributed by atoms with Crippen molar-refractivity contribution < 1.29 is 13.5 Å². The molecule has 0 saturated heterocycles. The van der Waals surface area contributed by atoms with Crippen LogP contribution >= 0.6 is 15.9 Å². The summed E-state index contributed by atoms with van der Waals surface area (Å²) in [4.78, 5) is 0. The van der Waals surface area contributed by atoms with E-state index in [-0.39, 0.29) is 5.75 Å². The van der Waals surface area contributed by atoms with E-state index in [4.69, 9.17) is 4.74 Å². The fourth-order valence-electron chi connectivity index (χ4n) is 2.57. The maximum Gasteiger partial charge on any atom is 0.200 e. The summed E-state index contributed by atoms with van der Waals surface area (Å²) in [5.41, 5.74) is 0. The summed E-state index contributed by atoms with van der Waals surface area (Å²) in [6, 6.07) is 2.53. The molecular formula is C15H20BrF2NO. The molecule has 112 valence electrons. The molecule has 1 saturated carbocycles. The Hall–Kier alpha value is -0.680. The molecule has 0 spiro atoms. The largest absolute Gasteiger partial charge is 0.489 e. The Labute approximate surface area is 127 Å². The average Bonchev–Trinajstić information content (AvgIpc) is 2.44. The van der Waals surface area contributed by atoms with E-state index in [0.717, 1.165) is 18.5 Å². The van der Waals surface area contributed by atoms with Gasteiger partial charge >= 0.3 is 0 Å². The van der Waals surface area contributed by atoms with Crippen molar-refractivity contribution in [1.82, 2.24) is 5.32 Å². The van der Waals surface area contributed by atoms with Gasteiger partial charge < -0.3 is 10.1 Å². The molecule has 0 heterocycles. The van der Waals surface area contributed by atoms with Gasteiger partial charge in [0.05, 0.1) is 0 Å². The fourth-order valence-corrected chi connectivity index (χ4v) is 2.98. The van der Waals surface area contributed by atoms with E-state index in [9.17, 15) is 8.78 Å². The van der Waals surface area contributed by atoms with E-state index in [2.05, 4.69) is 21.2 Å². The Morgan fingerprint density at radius 2 is 1.95 bits per heavy atom. The highest BCUT2D eigenvalue weighted by Gasteiger charge is 2.13. The molecule has 1 aliphatic rings. The quantitative estimate of drug-likeness (QED) is 0.612. The first-order chi connectivity index (χ1) is 9.66. The summed E-state index contributed by atoms with van der Waals surface area (Å²) >= 11 is 3.12. The van der Waals surface area contributed by atoms with Gasteiger partial charge in [0.15, 0.2) is 11.6 Å². The van der Waals surface area contributed by atoms with Crippen LogP contribution in [-0.4, -0.2) is 19.7 Å². The number of hydrogen-bond acceptors (Lipinski definition) is 2. The lowest BCUT2D eigenvalue weighted by Crippen LogP contribution is -2.28. The van der Waals surface area contributed by atoms with Crippen LogP contribution in [0.25, 0.3) is 0 Å². The number of hydrogen-bond donors (Lipinski definition) is 1. The number of ether oxygens (including phenoxy) is 1. The maximum absolute atomic E-state index is 13.4. The van der Waals surface area contributed by atoms with Crippen molar-refractivity contribution in [1.29, 1.82) is 0 Å². The summed E-state index contributed by atoms with van der Waals surface area (Å²) in [7, 11) is 0. The summed E-state index contributed by atoms with van der Waals surface area (Å²) in [6.07, 6.45) is 6.59. The molecule has 0 atom stereocenters. The SMILES string of the molecule is Fc1cc(Br)cc(OCCNCC2CCCCC2)c1F. The molecule has 0 aromatic heterocycles. The lowest BCUT2D eigenvalue weighted by molar-refractivity contribution is 0.280. The van der Waals surface area contributed by atoms with Gasteiger partial charge in [0.2, 0.25) is 5.82 Å². The predicted octanol–water partition coefficient (Wildman–Crippen LogP) is 4.28. The van der Waals surface area contributed by atoms with Crippen molar-refractivity contribution in [2.75, 3.05) is 19.7 Å². The second-order valence-electron chi connectivity index (χ2n) is 5.26. The molecule has 0 bridgehead atoms. The second kappa shape index (κ2) is 7.93. The molecule has 2 nitrogen and oxygen atoms in total. The zero-order valence-electron chi connectivity index (χ0n) is 11.4. The zero-order chi connectivity index (χ0) is 14.4. The Balaban J connectivity index is 1.68. The third-order valence-corrected chi connectivity index (χ3v) is 4.11. The third kappa shape index (κ3) is 4.70. The van der Waals surface area contributed by atoms with Crippen LogP contribution in [0.4, 0.5) is 8.78 Å². The van der Waals surface area contributed by atoms with Crippen molar-refractivity contribution in [2.45, 2.75) is 32.1 Å². The van der Waals surface area contributed by atoms with Crippen molar-refractivity contribution in [2.24, 2.45) is 5.92 Å². The summed E-state index contributed by atoms with van der Waals surface area (Å²) < 4.78 is 32.4. The van der Waals surface area contributed by atoms with Gasteiger partial charge in [-0.15, -0.1) is 0 Å². The predicted molar refractivity (Wildman–Crippen MR) is 79.0 cm³/mol. The summed E-state index contributed by atoms with van der Waals surface area (Å²) in [5, 5.41) is 3.32.